The van der Waals surface area contributed by atoms with E-state index in [1.807, 2.05) is 0 Å². The van der Waals surface area contributed by atoms with Gasteiger partial charge in [-0.3, -0.25) is 0 Å². The Morgan fingerprint density at radius 2 is 2.26 bits per heavy atom. The van der Waals surface area contributed by atoms with E-state index in [-0.39, 0.29) is 12.6 Å². The van der Waals surface area contributed by atoms with E-state index in [1.54, 1.807) is 0 Å². The number of nitrogens with zero attached hydrogens (tertiary/aromatic N) is 1. The van der Waals surface area contributed by atoms with Crippen molar-refractivity contribution in [3.05, 3.63) is 28.2 Å². The molecule has 1 atom stereocenters. The van der Waals surface area contributed by atoms with E-state index in [1.165, 1.54) is 24.1 Å². The molecule has 0 aliphatic carbocycles. The van der Waals surface area contributed by atoms with Crippen molar-refractivity contribution in [2.45, 2.75) is 38.8 Å². The Bertz CT molecular complexity index is 411. The maximum atomic E-state index is 9.52. The van der Waals surface area contributed by atoms with E-state index in [9.17, 15) is 5.11 Å². The number of aliphatic hydroxyl groups excluding tert-OH is 1. The summed E-state index contributed by atoms with van der Waals surface area (Å²) < 4.78 is 1.13. The second-order valence-corrected chi connectivity index (χ2v) is 5.95. The highest BCUT2D eigenvalue weighted by molar-refractivity contribution is 9.10. The van der Waals surface area contributed by atoms with Gasteiger partial charge in [-0.05, 0) is 59.4 Å². The molecule has 1 aromatic carbocycles. The lowest BCUT2D eigenvalue weighted by molar-refractivity contribution is 0.240. The zero-order valence-corrected chi connectivity index (χ0v) is 13.1. The molecule has 106 valence electrons. The van der Waals surface area contributed by atoms with Crippen LogP contribution < -0.4 is 10.2 Å². The van der Waals surface area contributed by atoms with Crippen LogP contribution in [0.4, 0.5) is 5.69 Å². The molecule has 0 saturated carbocycles. The molecule has 2 rings (SSSR count). The Kier molecular flexibility index (Phi) is 5.67. The van der Waals surface area contributed by atoms with Gasteiger partial charge < -0.3 is 15.3 Å². The van der Waals surface area contributed by atoms with Crippen molar-refractivity contribution >= 4 is 21.6 Å². The van der Waals surface area contributed by atoms with Gasteiger partial charge in [0.2, 0.25) is 0 Å². The number of hydrogen-bond donors (Lipinski definition) is 2. The smallest absolute Gasteiger partial charge is 0.0635 e. The highest BCUT2D eigenvalue weighted by Crippen LogP contribution is 2.32. The van der Waals surface area contributed by atoms with Crippen molar-refractivity contribution in [2.24, 2.45) is 0 Å². The lowest BCUT2D eigenvalue weighted by Crippen LogP contribution is -2.42. The lowest BCUT2D eigenvalue weighted by Gasteiger charge is -2.37. The first-order chi connectivity index (χ1) is 9.26. The third kappa shape index (κ3) is 3.71. The van der Waals surface area contributed by atoms with Crippen molar-refractivity contribution in [1.82, 2.24) is 5.32 Å². The van der Waals surface area contributed by atoms with Crippen LogP contribution in [0.2, 0.25) is 0 Å². The summed E-state index contributed by atoms with van der Waals surface area (Å²) in [5.41, 5.74) is 2.49. The third-order valence-corrected chi connectivity index (χ3v) is 4.37. The molecule has 0 amide bonds. The highest BCUT2D eigenvalue weighted by Gasteiger charge is 2.23. The Morgan fingerprint density at radius 1 is 1.42 bits per heavy atom. The molecule has 4 heteroatoms. The maximum Gasteiger partial charge on any atom is 0.0635 e. The predicted molar refractivity (Wildman–Crippen MR) is 83.6 cm³/mol. The minimum absolute atomic E-state index is 0.242. The molecule has 1 aromatic rings. The zero-order valence-electron chi connectivity index (χ0n) is 11.5. The zero-order chi connectivity index (χ0) is 13.7. The van der Waals surface area contributed by atoms with Gasteiger partial charge in [-0.1, -0.05) is 13.0 Å². The summed E-state index contributed by atoms with van der Waals surface area (Å²) in [6.07, 6.45) is 3.52. The maximum absolute atomic E-state index is 9.52. The molecule has 3 nitrogen and oxygen atoms in total. The van der Waals surface area contributed by atoms with E-state index in [4.69, 9.17) is 0 Å². The molecule has 19 heavy (non-hydrogen) atoms. The largest absolute Gasteiger partial charge is 0.394 e. The summed E-state index contributed by atoms with van der Waals surface area (Å²) >= 11 is 3.68. The van der Waals surface area contributed by atoms with Crippen LogP contribution in [0.3, 0.4) is 0 Å². The number of piperidine rings is 1. The fourth-order valence-electron chi connectivity index (χ4n) is 2.67. The number of nitrogens with one attached hydrogen (secondary N) is 1. The Morgan fingerprint density at radius 3 is 2.95 bits per heavy atom. The van der Waals surface area contributed by atoms with E-state index in [0.717, 1.165) is 30.5 Å². The molecule has 0 spiro atoms. The summed E-state index contributed by atoms with van der Waals surface area (Å²) in [6.45, 7) is 5.28. The fraction of sp³-hybridized carbons (Fsp3) is 0.600. The van der Waals surface area contributed by atoms with E-state index >= 15 is 0 Å². The summed E-state index contributed by atoms with van der Waals surface area (Å²) in [4.78, 5) is 2.34. The quantitative estimate of drug-likeness (QED) is 0.873. The lowest BCUT2D eigenvalue weighted by atomic mass is 10.0. The van der Waals surface area contributed by atoms with Crippen molar-refractivity contribution in [3.63, 3.8) is 0 Å². The molecule has 1 unspecified atom stereocenters. The van der Waals surface area contributed by atoms with Crippen molar-refractivity contribution in [2.75, 3.05) is 24.6 Å². The molecule has 1 aliphatic rings. The Balaban J connectivity index is 2.14. The predicted octanol–water partition coefficient (Wildman–Crippen LogP) is 2.91. The van der Waals surface area contributed by atoms with Crippen LogP contribution in [-0.2, 0) is 6.54 Å². The molecule has 1 heterocycles. The van der Waals surface area contributed by atoms with Crippen LogP contribution in [-0.4, -0.2) is 30.8 Å². The van der Waals surface area contributed by atoms with Crippen LogP contribution in [0.5, 0.6) is 0 Å². The average molecular weight is 327 g/mol. The number of anilines is 1. The molecule has 0 radical (unpaired) electrons. The first-order valence-electron chi connectivity index (χ1n) is 7.13. The first kappa shape index (κ1) is 14.8. The topological polar surface area (TPSA) is 35.5 Å². The summed E-state index contributed by atoms with van der Waals surface area (Å²) in [6, 6.07) is 6.79. The fourth-order valence-corrected chi connectivity index (χ4v) is 3.32. The van der Waals surface area contributed by atoms with E-state index < -0.39 is 0 Å². The number of benzene rings is 1. The van der Waals surface area contributed by atoms with Gasteiger partial charge in [0.05, 0.1) is 18.3 Å². The summed E-state index contributed by atoms with van der Waals surface area (Å²) in [5, 5.41) is 12.9. The highest BCUT2D eigenvalue weighted by atomic mass is 79.9. The van der Waals surface area contributed by atoms with Gasteiger partial charge in [-0.25, -0.2) is 0 Å². The molecular weight excluding hydrogens is 304 g/mol. The van der Waals surface area contributed by atoms with Crippen molar-refractivity contribution < 1.29 is 5.11 Å². The molecular formula is C15H23BrN2O. The van der Waals surface area contributed by atoms with E-state index in [0.29, 0.717) is 0 Å². The van der Waals surface area contributed by atoms with Gasteiger partial charge in [0.25, 0.3) is 0 Å². The number of halogens is 1. The van der Waals surface area contributed by atoms with Crippen LogP contribution in [0, 0.1) is 0 Å². The third-order valence-electron chi connectivity index (χ3n) is 3.74. The molecule has 1 fully saturated rings. The van der Waals surface area contributed by atoms with Gasteiger partial charge in [0.15, 0.2) is 0 Å². The molecule has 0 bridgehead atoms. The Hall–Kier alpha value is -0.580. The normalized spacial score (nSPS) is 19.7. The molecule has 0 aromatic heterocycles. The van der Waals surface area contributed by atoms with E-state index in [2.05, 4.69) is 51.3 Å². The van der Waals surface area contributed by atoms with Gasteiger partial charge in [0, 0.05) is 17.6 Å². The monoisotopic (exact) mass is 326 g/mol. The summed E-state index contributed by atoms with van der Waals surface area (Å²) in [5.74, 6) is 0. The minimum Gasteiger partial charge on any atom is -0.394 e. The van der Waals surface area contributed by atoms with Gasteiger partial charge in [0.1, 0.15) is 0 Å². The van der Waals surface area contributed by atoms with Gasteiger partial charge >= 0.3 is 0 Å². The minimum atomic E-state index is 0.242. The van der Waals surface area contributed by atoms with Crippen molar-refractivity contribution in [1.29, 1.82) is 0 Å². The molecule has 2 N–H and O–H groups in total. The van der Waals surface area contributed by atoms with Crippen LogP contribution >= 0.6 is 15.9 Å². The second kappa shape index (κ2) is 7.27. The van der Waals surface area contributed by atoms with Crippen LogP contribution in [0.1, 0.15) is 31.7 Å². The summed E-state index contributed by atoms with van der Waals surface area (Å²) in [7, 11) is 0. The number of hydrogen-bond acceptors (Lipinski definition) is 3. The number of aliphatic hydroxyl groups is 1. The first-order valence-corrected chi connectivity index (χ1v) is 7.92. The SMILES string of the molecule is CCNCc1ccc(N2CCCCC2CO)c(Br)c1. The second-order valence-electron chi connectivity index (χ2n) is 5.09. The van der Waals surface area contributed by atoms with Gasteiger partial charge in [-0.15, -0.1) is 0 Å². The Labute approximate surface area is 124 Å². The van der Waals surface area contributed by atoms with Gasteiger partial charge in [-0.2, -0.15) is 0 Å². The standard InChI is InChI=1S/C15H23BrN2O/c1-2-17-10-12-6-7-15(14(16)9-12)18-8-4-3-5-13(18)11-19/h6-7,9,13,17,19H,2-5,8,10-11H2,1H3. The van der Waals surface area contributed by atoms with Crippen LogP contribution in [0.25, 0.3) is 0 Å². The number of rotatable bonds is 5. The van der Waals surface area contributed by atoms with Crippen LogP contribution in [0.15, 0.2) is 22.7 Å². The molecule has 1 aliphatic heterocycles. The molecule has 1 saturated heterocycles. The van der Waals surface area contributed by atoms with Crippen molar-refractivity contribution in [3.8, 4) is 0 Å². The average Bonchev–Trinajstić information content (AvgIpc) is 2.45.